The van der Waals surface area contributed by atoms with Crippen LogP contribution in [0.1, 0.15) is 5.56 Å². The Kier molecular flexibility index (Phi) is 3.33. The van der Waals surface area contributed by atoms with Crippen LogP contribution in [0, 0.1) is 17.1 Å². The fraction of sp³-hybridized carbons (Fsp3) is 0. The normalized spacial score (nSPS) is 10.0. The molecule has 0 spiro atoms. The van der Waals surface area contributed by atoms with Crippen LogP contribution in [0.25, 0.3) is 11.1 Å². The molecule has 0 N–H and O–H groups in total. The van der Waals surface area contributed by atoms with E-state index >= 15 is 0 Å². The Morgan fingerprint density at radius 1 is 1.00 bits per heavy atom. The summed E-state index contributed by atoms with van der Waals surface area (Å²) in [5.74, 6) is -0.401. The van der Waals surface area contributed by atoms with Gasteiger partial charge in [0.2, 0.25) is 0 Å². The van der Waals surface area contributed by atoms with Crippen molar-refractivity contribution in [3.8, 4) is 17.2 Å². The number of benzene rings is 2. The molecule has 0 heterocycles. The molecule has 0 radical (unpaired) electrons. The number of halogens is 3. The van der Waals surface area contributed by atoms with Gasteiger partial charge in [0.15, 0.2) is 0 Å². The maximum atomic E-state index is 13.6. The quantitative estimate of drug-likeness (QED) is 0.735. The topological polar surface area (TPSA) is 23.8 Å². The number of hydrogen-bond donors (Lipinski definition) is 0. The Hall–Kier alpha value is -1.56. The molecule has 0 unspecified atom stereocenters. The van der Waals surface area contributed by atoms with Crippen molar-refractivity contribution < 1.29 is 4.39 Å². The van der Waals surface area contributed by atoms with Gasteiger partial charge in [-0.3, -0.25) is 0 Å². The first kappa shape index (κ1) is 11.9. The highest BCUT2D eigenvalue weighted by atomic mass is 35.5. The van der Waals surface area contributed by atoms with Crippen molar-refractivity contribution in [1.29, 1.82) is 5.26 Å². The summed E-state index contributed by atoms with van der Waals surface area (Å²) in [6.45, 7) is 0. The van der Waals surface area contributed by atoms with Crippen LogP contribution in [0.4, 0.5) is 4.39 Å². The van der Waals surface area contributed by atoms with E-state index in [1.165, 1.54) is 18.2 Å². The first-order valence-electron chi connectivity index (χ1n) is 4.77. The van der Waals surface area contributed by atoms with Gasteiger partial charge in [-0.2, -0.15) is 5.26 Å². The lowest BCUT2D eigenvalue weighted by Gasteiger charge is -2.05. The number of nitriles is 1. The Bertz CT molecular complexity index is 617. The summed E-state index contributed by atoms with van der Waals surface area (Å²) < 4.78 is 13.6. The average Bonchev–Trinajstić information content (AvgIpc) is 2.33. The number of nitrogens with zero attached hydrogens (tertiary/aromatic N) is 1. The van der Waals surface area contributed by atoms with Crippen molar-refractivity contribution in [3.63, 3.8) is 0 Å². The summed E-state index contributed by atoms with van der Waals surface area (Å²) in [6.07, 6.45) is 0. The zero-order valence-corrected chi connectivity index (χ0v) is 10.1. The van der Waals surface area contributed by atoms with E-state index in [9.17, 15) is 4.39 Å². The summed E-state index contributed by atoms with van der Waals surface area (Å²) in [5, 5.41) is 9.54. The molecule has 0 aliphatic heterocycles. The van der Waals surface area contributed by atoms with Gasteiger partial charge in [0.25, 0.3) is 0 Å². The maximum absolute atomic E-state index is 13.6. The van der Waals surface area contributed by atoms with Crippen molar-refractivity contribution in [1.82, 2.24) is 0 Å². The van der Waals surface area contributed by atoms with Gasteiger partial charge in [-0.05, 0) is 35.9 Å². The molecule has 0 bridgehead atoms. The van der Waals surface area contributed by atoms with Gasteiger partial charge in [-0.1, -0.05) is 29.3 Å². The molecule has 0 aliphatic rings. The minimum absolute atomic E-state index is 0.336. The Labute approximate surface area is 108 Å². The van der Waals surface area contributed by atoms with Crippen molar-refractivity contribution in [3.05, 3.63) is 57.8 Å². The molecule has 0 atom stereocenters. The fourth-order valence-electron chi connectivity index (χ4n) is 1.48. The monoisotopic (exact) mass is 265 g/mol. The SMILES string of the molecule is N#Cc1ccc(F)c(-c2ccc(Cl)c(Cl)c2)c1. The summed E-state index contributed by atoms with van der Waals surface area (Å²) in [5.41, 5.74) is 1.32. The Morgan fingerprint density at radius 2 is 1.76 bits per heavy atom. The summed E-state index contributed by atoms with van der Waals surface area (Å²) in [7, 11) is 0. The summed E-state index contributed by atoms with van der Waals surface area (Å²) in [6, 6.07) is 11.0. The van der Waals surface area contributed by atoms with Crippen LogP contribution in [0.2, 0.25) is 10.0 Å². The van der Waals surface area contributed by atoms with E-state index in [1.54, 1.807) is 18.2 Å². The molecular formula is C13H6Cl2FN. The van der Waals surface area contributed by atoms with Crippen molar-refractivity contribution in [2.24, 2.45) is 0 Å². The van der Waals surface area contributed by atoms with Crippen LogP contribution in [0.3, 0.4) is 0 Å². The van der Waals surface area contributed by atoms with Gasteiger partial charge in [0.1, 0.15) is 5.82 Å². The maximum Gasteiger partial charge on any atom is 0.131 e. The van der Waals surface area contributed by atoms with E-state index in [0.29, 0.717) is 26.7 Å². The van der Waals surface area contributed by atoms with Crippen LogP contribution >= 0.6 is 23.2 Å². The second kappa shape index (κ2) is 4.75. The van der Waals surface area contributed by atoms with Gasteiger partial charge in [-0.25, -0.2) is 4.39 Å². The van der Waals surface area contributed by atoms with Gasteiger partial charge in [0.05, 0.1) is 21.7 Å². The Morgan fingerprint density at radius 3 is 2.41 bits per heavy atom. The highest BCUT2D eigenvalue weighted by Gasteiger charge is 2.08. The molecule has 2 aromatic carbocycles. The third kappa shape index (κ3) is 2.41. The largest absolute Gasteiger partial charge is 0.206 e. The number of hydrogen-bond acceptors (Lipinski definition) is 1. The molecule has 2 rings (SSSR count). The van der Waals surface area contributed by atoms with E-state index in [2.05, 4.69) is 0 Å². The highest BCUT2D eigenvalue weighted by Crippen LogP contribution is 2.30. The molecule has 2 aromatic rings. The molecule has 0 fully saturated rings. The summed E-state index contributed by atoms with van der Waals surface area (Å²) in [4.78, 5) is 0. The lowest BCUT2D eigenvalue weighted by atomic mass is 10.0. The van der Waals surface area contributed by atoms with Gasteiger partial charge < -0.3 is 0 Å². The fourth-order valence-corrected chi connectivity index (χ4v) is 1.78. The molecule has 0 saturated carbocycles. The second-order valence-corrected chi connectivity index (χ2v) is 4.25. The lowest BCUT2D eigenvalue weighted by molar-refractivity contribution is 0.631. The van der Waals surface area contributed by atoms with Crippen LogP contribution in [0.15, 0.2) is 36.4 Å². The minimum atomic E-state index is -0.401. The standard InChI is InChI=1S/C13H6Cl2FN/c14-11-3-2-9(6-12(11)15)10-5-8(7-17)1-4-13(10)16/h1-6H. The van der Waals surface area contributed by atoms with Gasteiger partial charge in [-0.15, -0.1) is 0 Å². The summed E-state index contributed by atoms with van der Waals surface area (Å²) >= 11 is 11.7. The molecule has 0 saturated heterocycles. The van der Waals surface area contributed by atoms with Crippen LogP contribution in [0.5, 0.6) is 0 Å². The highest BCUT2D eigenvalue weighted by molar-refractivity contribution is 6.42. The molecule has 4 heteroatoms. The predicted octanol–water partition coefficient (Wildman–Crippen LogP) is 4.67. The smallest absolute Gasteiger partial charge is 0.131 e. The molecule has 84 valence electrons. The molecular weight excluding hydrogens is 260 g/mol. The molecule has 1 nitrogen and oxygen atoms in total. The third-order valence-corrected chi connectivity index (χ3v) is 3.07. The zero-order chi connectivity index (χ0) is 12.4. The first-order valence-corrected chi connectivity index (χ1v) is 5.52. The molecule has 0 amide bonds. The predicted molar refractivity (Wildman–Crippen MR) is 66.6 cm³/mol. The molecule has 0 aromatic heterocycles. The molecule has 17 heavy (non-hydrogen) atoms. The van der Waals surface area contributed by atoms with E-state index in [4.69, 9.17) is 28.5 Å². The van der Waals surface area contributed by atoms with Crippen molar-refractivity contribution >= 4 is 23.2 Å². The second-order valence-electron chi connectivity index (χ2n) is 3.44. The zero-order valence-electron chi connectivity index (χ0n) is 8.55. The van der Waals surface area contributed by atoms with E-state index in [-0.39, 0.29) is 0 Å². The minimum Gasteiger partial charge on any atom is -0.206 e. The van der Waals surface area contributed by atoms with E-state index < -0.39 is 5.82 Å². The van der Waals surface area contributed by atoms with Crippen LogP contribution in [-0.4, -0.2) is 0 Å². The van der Waals surface area contributed by atoms with Crippen molar-refractivity contribution in [2.45, 2.75) is 0 Å². The number of rotatable bonds is 1. The van der Waals surface area contributed by atoms with Gasteiger partial charge >= 0.3 is 0 Å². The Balaban J connectivity index is 2.60. The average molecular weight is 266 g/mol. The lowest BCUT2D eigenvalue weighted by Crippen LogP contribution is -1.86. The first-order chi connectivity index (χ1) is 8.11. The van der Waals surface area contributed by atoms with E-state index in [0.717, 1.165) is 0 Å². The third-order valence-electron chi connectivity index (χ3n) is 2.33. The van der Waals surface area contributed by atoms with Gasteiger partial charge in [0, 0.05) is 5.56 Å². The van der Waals surface area contributed by atoms with Crippen LogP contribution in [-0.2, 0) is 0 Å². The van der Waals surface area contributed by atoms with E-state index in [1.807, 2.05) is 6.07 Å². The van der Waals surface area contributed by atoms with Crippen LogP contribution < -0.4 is 0 Å². The molecule has 0 aliphatic carbocycles. The van der Waals surface area contributed by atoms with Crippen molar-refractivity contribution in [2.75, 3.05) is 0 Å².